The zero-order chi connectivity index (χ0) is 25.4. The van der Waals surface area contributed by atoms with Crippen molar-refractivity contribution >= 4 is 45.3 Å². The molecule has 1 aliphatic rings. The van der Waals surface area contributed by atoms with Gasteiger partial charge in [0.1, 0.15) is 12.4 Å². The molecule has 180 valence electrons. The zero-order valence-electron chi connectivity index (χ0n) is 19.6. The molecule has 1 aliphatic heterocycles. The number of amides is 1. The molecule has 35 heavy (non-hydrogen) atoms. The van der Waals surface area contributed by atoms with Gasteiger partial charge in [-0.15, -0.1) is 11.3 Å². The Labute approximate surface area is 210 Å². The molecule has 1 N–H and O–H groups in total. The predicted octanol–water partition coefficient (Wildman–Crippen LogP) is 5.08. The summed E-state index contributed by atoms with van der Waals surface area (Å²) in [5.41, 5.74) is 1.52. The normalized spacial score (nSPS) is 15.6. The highest BCUT2D eigenvalue weighted by Gasteiger charge is 2.46. The molecule has 1 atom stereocenters. The van der Waals surface area contributed by atoms with Crippen LogP contribution in [0.25, 0.3) is 0 Å². The molecule has 1 aromatic carbocycles. The Bertz CT molecular complexity index is 1380. The molecule has 8 nitrogen and oxygen atoms in total. The molecule has 2 aromatic heterocycles. The number of carbonyl (C=O) groups is 3. The van der Waals surface area contributed by atoms with Gasteiger partial charge in [-0.3, -0.25) is 19.3 Å². The molecule has 0 spiro atoms. The van der Waals surface area contributed by atoms with E-state index in [9.17, 15) is 19.5 Å². The van der Waals surface area contributed by atoms with Gasteiger partial charge < -0.3 is 9.84 Å². The van der Waals surface area contributed by atoms with Crippen LogP contribution in [0.3, 0.4) is 0 Å². The number of nitrogens with zero attached hydrogens (tertiary/aromatic N) is 3. The number of aliphatic hydroxyl groups is 1. The Morgan fingerprint density at radius 3 is 2.31 bits per heavy atom. The van der Waals surface area contributed by atoms with Crippen LogP contribution in [0.2, 0.25) is 0 Å². The highest BCUT2D eigenvalue weighted by Crippen LogP contribution is 2.44. The van der Waals surface area contributed by atoms with Crippen LogP contribution in [0, 0.1) is 20.8 Å². The van der Waals surface area contributed by atoms with E-state index in [-0.39, 0.29) is 16.5 Å². The topological polar surface area (TPSA) is 110 Å². The Balaban J connectivity index is 1.85. The summed E-state index contributed by atoms with van der Waals surface area (Å²) in [4.78, 5) is 49.8. The molecule has 4 rings (SSSR count). The number of thiazole rings is 2. The molecule has 1 amide bonds. The van der Waals surface area contributed by atoms with Crippen LogP contribution in [0.5, 0.6) is 5.75 Å². The van der Waals surface area contributed by atoms with Crippen molar-refractivity contribution in [1.29, 1.82) is 0 Å². The molecule has 0 radical (unpaired) electrons. The van der Waals surface area contributed by atoms with Crippen molar-refractivity contribution in [3.63, 3.8) is 0 Å². The smallest absolute Gasteiger partial charge is 0.296 e. The minimum atomic E-state index is -0.949. The first-order valence-electron chi connectivity index (χ1n) is 10.7. The highest BCUT2D eigenvalue weighted by molar-refractivity contribution is 7.17. The Kier molecular flexibility index (Phi) is 6.68. The number of rotatable bonds is 8. The van der Waals surface area contributed by atoms with Gasteiger partial charge in [0.25, 0.3) is 5.91 Å². The molecule has 0 aliphatic carbocycles. The van der Waals surface area contributed by atoms with Gasteiger partial charge in [0.15, 0.2) is 16.7 Å². The second-order valence-electron chi connectivity index (χ2n) is 7.95. The fourth-order valence-electron chi connectivity index (χ4n) is 3.93. The molecule has 3 aromatic rings. The van der Waals surface area contributed by atoms with Crippen molar-refractivity contribution in [2.24, 2.45) is 0 Å². The van der Waals surface area contributed by atoms with Crippen molar-refractivity contribution < 1.29 is 24.2 Å². The van der Waals surface area contributed by atoms with Gasteiger partial charge in [0.05, 0.1) is 37.8 Å². The van der Waals surface area contributed by atoms with Crippen molar-refractivity contribution in [3.05, 3.63) is 80.0 Å². The zero-order valence-corrected chi connectivity index (χ0v) is 21.2. The summed E-state index contributed by atoms with van der Waals surface area (Å²) in [6.45, 7) is 10.6. The number of ketones is 2. The Morgan fingerprint density at radius 1 is 1.11 bits per heavy atom. The number of Topliss-reactive ketones (excluding diaryl/α,β-unsaturated/α-hetero) is 2. The minimum absolute atomic E-state index is 0.0567. The molecule has 3 heterocycles. The molecule has 0 bridgehead atoms. The van der Waals surface area contributed by atoms with E-state index in [1.165, 1.54) is 23.2 Å². The van der Waals surface area contributed by atoms with E-state index in [2.05, 4.69) is 16.5 Å². The highest BCUT2D eigenvalue weighted by atomic mass is 32.1. The lowest BCUT2D eigenvalue weighted by atomic mass is 9.95. The summed E-state index contributed by atoms with van der Waals surface area (Å²) in [6, 6.07) is 5.94. The number of hydrogen-bond donors (Lipinski definition) is 1. The molecule has 0 saturated heterocycles. The summed E-state index contributed by atoms with van der Waals surface area (Å²) in [5, 5.41) is 11.9. The number of carbonyl (C=O) groups excluding carboxylic acids is 3. The molecule has 1 unspecified atom stereocenters. The average Bonchev–Trinajstić information content (AvgIpc) is 3.45. The Morgan fingerprint density at radius 2 is 1.77 bits per heavy atom. The third-order valence-electron chi connectivity index (χ3n) is 5.44. The number of hydrogen-bond acceptors (Lipinski definition) is 9. The fraction of sp³-hybridized carbons (Fsp3) is 0.240. The third-order valence-corrected chi connectivity index (χ3v) is 7.77. The van der Waals surface area contributed by atoms with E-state index in [4.69, 9.17) is 4.74 Å². The quantitative estimate of drug-likeness (QED) is 0.333. The van der Waals surface area contributed by atoms with Crippen LogP contribution in [0.4, 0.5) is 5.13 Å². The van der Waals surface area contributed by atoms with Crippen molar-refractivity contribution in [1.82, 2.24) is 9.97 Å². The van der Waals surface area contributed by atoms with Crippen molar-refractivity contribution in [2.45, 2.75) is 33.7 Å². The van der Waals surface area contributed by atoms with E-state index in [0.717, 1.165) is 11.3 Å². The van der Waals surface area contributed by atoms with Crippen LogP contribution in [-0.2, 0) is 4.79 Å². The molecular weight excluding hydrogens is 486 g/mol. The molecule has 10 heteroatoms. The van der Waals surface area contributed by atoms with E-state index in [1.54, 1.807) is 51.1 Å². The van der Waals surface area contributed by atoms with Gasteiger partial charge >= 0.3 is 0 Å². The second kappa shape index (κ2) is 9.55. The average molecular weight is 510 g/mol. The number of aliphatic hydroxyl groups excluding tert-OH is 1. The minimum Gasteiger partial charge on any atom is -0.503 e. The number of aryl methyl sites for hydroxylation is 3. The molecule has 0 saturated carbocycles. The van der Waals surface area contributed by atoms with Crippen LogP contribution >= 0.6 is 22.7 Å². The standard InChI is InChI=1S/C25H23N3O5S2/c1-6-11-33-17-9-7-16(8-10-17)19-18(20(30)23-13(3)26-15(5)34-23)21(31)24(32)28(19)25-27-12(2)22(35-25)14(4)29/h6-10,19,31H,1,11H2,2-5H3. The van der Waals surface area contributed by atoms with Gasteiger partial charge in [-0.1, -0.05) is 36.1 Å². The van der Waals surface area contributed by atoms with Crippen LogP contribution in [0.15, 0.2) is 48.3 Å². The van der Waals surface area contributed by atoms with E-state index in [1.807, 2.05) is 0 Å². The van der Waals surface area contributed by atoms with E-state index in [0.29, 0.717) is 44.1 Å². The first kappa shape index (κ1) is 24.5. The number of aromatic nitrogens is 2. The summed E-state index contributed by atoms with van der Waals surface area (Å²) in [7, 11) is 0. The second-order valence-corrected chi connectivity index (χ2v) is 10.1. The number of anilines is 1. The summed E-state index contributed by atoms with van der Waals surface area (Å²) in [5.74, 6) is -1.47. The summed E-state index contributed by atoms with van der Waals surface area (Å²) in [6.07, 6.45) is 1.62. The SMILES string of the molecule is C=CCOc1ccc(C2C(C(=O)c3sc(C)nc3C)=C(O)C(=O)N2c2nc(C)c(C(C)=O)s2)cc1. The van der Waals surface area contributed by atoms with Gasteiger partial charge in [-0.2, -0.15) is 0 Å². The van der Waals surface area contributed by atoms with Crippen molar-refractivity contribution in [2.75, 3.05) is 11.5 Å². The lowest BCUT2D eigenvalue weighted by Crippen LogP contribution is -2.31. The fourth-order valence-corrected chi connectivity index (χ4v) is 5.79. The van der Waals surface area contributed by atoms with Crippen molar-refractivity contribution in [3.8, 4) is 5.75 Å². The molecular formula is C25H23N3O5S2. The maximum absolute atomic E-state index is 13.7. The lowest BCUT2D eigenvalue weighted by Gasteiger charge is -2.24. The van der Waals surface area contributed by atoms with Crippen LogP contribution < -0.4 is 9.64 Å². The van der Waals surface area contributed by atoms with Gasteiger partial charge in [0, 0.05) is 6.92 Å². The first-order chi connectivity index (χ1) is 16.6. The first-order valence-corrected chi connectivity index (χ1v) is 12.3. The monoisotopic (exact) mass is 509 g/mol. The van der Waals surface area contributed by atoms with E-state index < -0.39 is 23.5 Å². The maximum atomic E-state index is 13.7. The maximum Gasteiger partial charge on any atom is 0.296 e. The van der Waals surface area contributed by atoms with E-state index >= 15 is 0 Å². The van der Waals surface area contributed by atoms with Gasteiger partial charge in [-0.05, 0) is 38.5 Å². The number of ether oxygens (including phenoxy) is 1. The Hall–Kier alpha value is -3.63. The predicted molar refractivity (Wildman–Crippen MR) is 135 cm³/mol. The third kappa shape index (κ3) is 4.42. The summed E-state index contributed by atoms with van der Waals surface area (Å²) < 4.78 is 5.55. The van der Waals surface area contributed by atoms with Crippen LogP contribution in [0.1, 0.15) is 54.3 Å². The van der Waals surface area contributed by atoms with Gasteiger partial charge in [-0.25, -0.2) is 9.97 Å². The lowest BCUT2D eigenvalue weighted by molar-refractivity contribution is -0.117. The summed E-state index contributed by atoms with van der Waals surface area (Å²) >= 11 is 2.26. The largest absolute Gasteiger partial charge is 0.503 e. The number of benzene rings is 1. The van der Waals surface area contributed by atoms with Gasteiger partial charge in [0.2, 0.25) is 5.78 Å². The van der Waals surface area contributed by atoms with Crippen LogP contribution in [-0.4, -0.2) is 39.2 Å². The molecule has 0 fully saturated rings.